The first-order valence-corrected chi connectivity index (χ1v) is 7.86. The second-order valence-corrected chi connectivity index (χ2v) is 6.02. The molecule has 0 aromatic heterocycles. The SMILES string of the molecule is Cc1cccc(C)c1/C=C/c1cccc(SCCN)c1. The zero-order chi connectivity index (χ0) is 14.4. The van der Waals surface area contributed by atoms with Crippen molar-refractivity contribution in [2.45, 2.75) is 18.7 Å². The largest absolute Gasteiger partial charge is 0.330 e. The van der Waals surface area contributed by atoms with Gasteiger partial charge in [0.15, 0.2) is 0 Å². The molecule has 104 valence electrons. The number of hydrogen-bond acceptors (Lipinski definition) is 2. The highest BCUT2D eigenvalue weighted by Crippen LogP contribution is 2.21. The highest BCUT2D eigenvalue weighted by atomic mass is 32.2. The van der Waals surface area contributed by atoms with E-state index in [1.807, 2.05) is 0 Å². The third-order valence-electron chi connectivity index (χ3n) is 3.23. The van der Waals surface area contributed by atoms with Gasteiger partial charge in [-0.05, 0) is 48.2 Å². The monoisotopic (exact) mass is 283 g/mol. The van der Waals surface area contributed by atoms with Crippen molar-refractivity contribution in [2.75, 3.05) is 12.3 Å². The van der Waals surface area contributed by atoms with Gasteiger partial charge in [0.2, 0.25) is 0 Å². The first-order chi connectivity index (χ1) is 9.70. The minimum absolute atomic E-state index is 0.715. The number of hydrogen-bond donors (Lipinski definition) is 1. The van der Waals surface area contributed by atoms with Crippen LogP contribution in [0.1, 0.15) is 22.3 Å². The number of aryl methyl sites for hydroxylation is 2. The van der Waals surface area contributed by atoms with E-state index in [0.29, 0.717) is 6.54 Å². The van der Waals surface area contributed by atoms with Crippen LogP contribution in [0.3, 0.4) is 0 Å². The standard InChI is InChI=1S/C18H21NS/c1-14-5-3-6-15(2)18(14)10-9-16-7-4-8-17(13-16)20-12-11-19/h3-10,13H,11-12,19H2,1-2H3/b10-9+. The quantitative estimate of drug-likeness (QED) is 0.644. The summed E-state index contributed by atoms with van der Waals surface area (Å²) in [6.45, 7) is 5.02. The lowest BCUT2D eigenvalue weighted by atomic mass is 10.0. The van der Waals surface area contributed by atoms with E-state index in [9.17, 15) is 0 Å². The Hall–Kier alpha value is -1.51. The Balaban J connectivity index is 2.19. The molecule has 0 radical (unpaired) electrons. The Bertz CT molecular complexity index is 582. The van der Waals surface area contributed by atoms with Gasteiger partial charge >= 0.3 is 0 Å². The molecule has 0 aliphatic heterocycles. The summed E-state index contributed by atoms with van der Waals surface area (Å²) >= 11 is 1.80. The molecule has 2 aromatic carbocycles. The molecular weight excluding hydrogens is 262 g/mol. The number of nitrogens with two attached hydrogens (primary N) is 1. The van der Waals surface area contributed by atoms with Crippen LogP contribution in [0.25, 0.3) is 12.2 Å². The Morgan fingerprint density at radius 1 is 1.00 bits per heavy atom. The van der Waals surface area contributed by atoms with Crippen molar-refractivity contribution in [3.63, 3.8) is 0 Å². The molecule has 0 saturated heterocycles. The highest BCUT2D eigenvalue weighted by Gasteiger charge is 1.98. The van der Waals surface area contributed by atoms with Crippen LogP contribution in [-0.2, 0) is 0 Å². The molecule has 2 rings (SSSR count). The summed E-state index contributed by atoms with van der Waals surface area (Å²) in [5.74, 6) is 0.962. The maximum Gasteiger partial charge on any atom is 0.0103 e. The Labute approximate surface area is 125 Å². The van der Waals surface area contributed by atoms with Crippen LogP contribution in [0.5, 0.6) is 0 Å². The fourth-order valence-electron chi connectivity index (χ4n) is 2.15. The minimum atomic E-state index is 0.715. The van der Waals surface area contributed by atoms with E-state index in [0.717, 1.165) is 5.75 Å². The minimum Gasteiger partial charge on any atom is -0.330 e. The van der Waals surface area contributed by atoms with Crippen molar-refractivity contribution in [3.8, 4) is 0 Å². The maximum absolute atomic E-state index is 5.55. The van der Waals surface area contributed by atoms with Crippen molar-refractivity contribution >= 4 is 23.9 Å². The maximum atomic E-state index is 5.55. The van der Waals surface area contributed by atoms with Crippen LogP contribution in [0.2, 0.25) is 0 Å². The summed E-state index contributed by atoms with van der Waals surface area (Å²) in [5, 5.41) is 0. The number of benzene rings is 2. The first kappa shape index (κ1) is 14.9. The third-order valence-corrected chi connectivity index (χ3v) is 4.26. The molecule has 0 bridgehead atoms. The number of thioether (sulfide) groups is 1. The van der Waals surface area contributed by atoms with E-state index < -0.39 is 0 Å². The van der Waals surface area contributed by atoms with Gasteiger partial charge in [0.05, 0.1) is 0 Å². The molecule has 0 spiro atoms. The molecule has 0 atom stereocenters. The van der Waals surface area contributed by atoms with E-state index in [1.165, 1.54) is 27.1 Å². The summed E-state index contributed by atoms with van der Waals surface area (Å²) < 4.78 is 0. The van der Waals surface area contributed by atoms with Crippen LogP contribution in [0.4, 0.5) is 0 Å². The molecule has 2 N–H and O–H groups in total. The number of rotatable bonds is 5. The van der Waals surface area contributed by atoms with Gasteiger partial charge in [-0.1, -0.05) is 42.5 Å². The fraction of sp³-hybridized carbons (Fsp3) is 0.222. The first-order valence-electron chi connectivity index (χ1n) is 6.88. The summed E-state index contributed by atoms with van der Waals surface area (Å²) in [5.41, 5.74) is 10.7. The van der Waals surface area contributed by atoms with Crippen LogP contribution in [-0.4, -0.2) is 12.3 Å². The van der Waals surface area contributed by atoms with Gasteiger partial charge in [-0.25, -0.2) is 0 Å². The molecule has 0 unspecified atom stereocenters. The van der Waals surface area contributed by atoms with E-state index in [-0.39, 0.29) is 0 Å². The summed E-state index contributed by atoms with van der Waals surface area (Å²) in [6, 6.07) is 15.0. The molecule has 0 fully saturated rings. The van der Waals surface area contributed by atoms with Gasteiger partial charge in [-0.15, -0.1) is 11.8 Å². The third kappa shape index (κ3) is 3.99. The van der Waals surface area contributed by atoms with Crippen molar-refractivity contribution in [3.05, 3.63) is 64.7 Å². The Morgan fingerprint density at radius 3 is 2.40 bits per heavy atom. The molecule has 1 nitrogen and oxygen atoms in total. The van der Waals surface area contributed by atoms with Gasteiger partial charge in [-0.2, -0.15) is 0 Å². The van der Waals surface area contributed by atoms with Crippen LogP contribution in [0, 0.1) is 13.8 Å². The Kier molecular flexibility index (Phi) is 5.45. The van der Waals surface area contributed by atoms with Crippen molar-refractivity contribution in [1.29, 1.82) is 0 Å². The molecule has 0 aliphatic carbocycles. The summed E-state index contributed by atoms with van der Waals surface area (Å²) in [7, 11) is 0. The molecule has 0 aliphatic rings. The van der Waals surface area contributed by atoms with Crippen LogP contribution >= 0.6 is 11.8 Å². The molecule has 0 heterocycles. The van der Waals surface area contributed by atoms with Crippen molar-refractivity contribution < 1.29 is 0 Å². The summed E-state index contributed by atoms with van der Waals surface area (Å²) in [4.78, 5) is 1.28. The fourth-order valence-corrected chi connectivity index (χ4v) is 2.90. The molecule has 20 heavy (non-hydrogen) atoms. The van der Waals surface area contributed by atoms with E-state index in [4.69, 9.17) is 5.73 Å². The molecule has 0 amide bonds. The lowest BCUT2D eigenvalue weighted by molar-refractivity contribution is 1.15. The highest BCUT2D eigenvalue weighted by molar-refractivity contribution is 7.99. The molecule has 0 saturated carbocycles. The zero-order valence-electron chi connectivity index (χ0n) is 12.1. The lowest BCUT2D eigenvalue weighted by Gasteiger charge is -2.05. The van der Waals surface area contributed by atoms with Crippen molar-refractivity contribution in [1.82, 2.24) is 0 Å². The Morgan fingerprint density at radius 2 is 1.70 bits per heavy atom. The second kappa shape index (κ2) is 7.32. The van der Waals surface area contributed by atoms with Gasteiger partial charge < -0.3 is 5.73 Å². The van der Waals surface area contributed by atoms with Gasteiger partial charge in [0, 0.05) is 17.2 Å². The van der Waals surface area contributed by atoms with Gasteiger partial charge in [0.1, 0.15) is 0 Å². The van der Waals surface area contributed by atoms with Gasteiger partial charge in [0.25, 0.3) is 0 Å². The topological polar surface area (TPSA) is 26.0 Å². The molecule has 2 heteroatoms. The van der Waals surface area contributed by atoms with Crippen molar-refractivity contribution in [2.24, 2.45) is 5.73 Å². The predicted octanol–water partition coefficient (Wildman–Crippen LogP) is 4.52. The predicted molar refractivity (Wildman–Crippen MR) is 91.1 cm³/mol. The molecule has 2 aromatic rings. The second-order valence-electron chi connectivity index (χ2n) is 4.85. The lowest BCUT2D eigenvalue weighted by Crippen LogP contribution is -2.00. The average Bonchev–Trinajstić information content (AvgIpc) is 2.45. The molecular formula is C18H21NS. The van der Waals surface area contributed by atoms with Crippen LogP contribution in [0.15, 0.2) is 47.4 Å². The normalized spacial score (nSPS) is 11.2. The van der Waals surface area contributed by atoms with Crippen LogP contribution < -0.4 is 5.73 Å². The van der Waals surface area contributed by atoms with E-state index in [2.05, 4.69) is 68.5 Å². The smallest absolute Gasteiger partial charge is 0.0103 e. The summed E-state index contributed by atoms with van der Waals surface area (Å²) in [6.07, 6.45) is 4.39. The van der Waals surface area contributed by atoms with E-state index >= 15 is 0 Å². The van der Waals surface area contributed by atoms with Gasteiger partial charge in [-0.3, -0.25) is 0 Å². The van der Waals surface area contributed by atoms with E-state index in [1.54, 1.807) is 11.8 Å². The zero-order valence-corrected chi connectivity index (χ0v) is 12.9. The average molecular weight is 283 g/mol.